The quantitative estimate of drug-likeness (QED) is 0.537. The Labute approximate surface area is 184 Å². The molecule has 2 heterocycles. The summed E-state index contributed by atoms with van der Waals surface area (Å²) in [5.74, 6) is -0.785. The van der Waals surface area contributed by atoms with Gasteiger partial charge in [-0.3, -0.25) is 9.36 Å². The second-order valence-electron chi connectivity index (χ2n) is 7.83. The molecular weight excluding hydrogens is 412 g/mol. The minimum atomic E-state index is -0.751. The maximum Gasteiger partial charge on any atom is 0.419 e. The van der Waals surface area contributed by atoms with Gasteiger partial charge in [0.15, 0.2) is 5.58 Å². The Bertz CT molecular complexity index is 1210. The van der Waals surface area contributed by atoms with Crippen molar-refractivity contribution in [2.24, 2.45) is 7.05 Å². The van der Waals surface area contributed by atoms with Gasteiger partial charge in [0, 0.05) is 26.6 Å². The number of amides is 1. The van der Waals surface area contributed by atoms with E-state index < -0.39 is 24.0 Å². The van der Waals surface area contributed by atoms with Crippen molar-refractivity contribution < 1.29 is 19.1 Å². The molecule has 9 nitrogen and oxygen atoms in total. The van der Waals surface area contributed by atoms with Crippen LogP contribution in [0.25, 0.3) is 22.2 Å². The molecule has 2 aromatic carbocycles. The highest BCUT2D eigenvalue weighted by Gasteiger charge is 2.25. The second kappa shape index (κ2) is 9.36. The van der Waals surface area contributed by atoms with Crippen molar-refractivity contribution in [3.8, 4) is 17.2 Å². The number of aliphatic hydroxyl groups is 1. The number of rotatable bonds is 5. The van der Waals surface area contributed by atoms with Crippen molar-refractivity contribution >= 4 is 17.0 Å². The summed E-state index contributed by atoms with van der Waals surface area (Å²) in [6.07, 6.45) is -1.06. The van der Waals surface area contributed by atoms with Crippen LogP contribution in [0.3, 0.4) is 0 Å². The zero-order chi connectivity index (χ0) is 22.7. The summed E-state index contributed by atoms with van der Waals surface area (Å²) in [4.78, 5) is 24.1. The Morgan fingerprint density at radius 3 is 2.78 bits per heavy atom. The summed E-state index contributed by atoms with van der Waals surface area (Å²) in [5.41, 5.74) is 4.04. The molecule has 0 bridgehead atoms. The number of carbonyl (C=O) groups is 1. The predicted molar refractivity (Wildman–Crippen MR) is 117 cm³/mol. The van der Waals surface area contributed by atoms with Gasteiger partial charge in [-0.1, -0.05) is 30.3 Å². The van der Waals surface area contributed by atoms with E-state index in [4.69, 9.17) is 9.15 Å². The molecule has 3 atom stereocenters. The van der Waals surface area contributed by atoms with Crippen LogP contribution in [0, 0.1) is 11.3 Å². The Hall–Kier alpha value is -3.45. The molecule has 3 N–H and O–H groups in total. The molecule has 3 aromatic rings. The standard InChI is InChI=1S/C23H24N4O5/c1-27-19-9-16(6-7-20(19)32-23(27)30)15-4-2-14(3-5-15)8-17(10-24)26-22(29)21-12-25-11-18(28)13-31-21/h2-7,9,17-18,21,25,28H,8,11-13H2,1H3,(H,26,29)/t17?,18-,21+/m1/s1. The van der Waals surface area contributed by atoms with Crippen LogP contribution in [0.4, 0.5) is 0 Å². The third-order valence-corrected chi connectivity index (χ3v) is 5.48. The van der Waals surface area contributed by atoms with E-state index in [1.807, 2.05) is 36.4 Å². The fourth-order valence-electron chi connectivity index (χ4n) is 3.66. The molecule has 1 unspecified atom stereocenters. The molecule has 1 fully saturated rings. The fraction of sp³-hybridized carbons (Fsp3) is 0.348. The monoisotopic (exact) mass is 436 g/mol. The van der Waals surface area contributed by atoms with Gasteiger partial charge in [-0.05, 0) is 28.8 Å². The van der Waals surface area contributed by atoms with E-state index in [-0.39, 0.29) is 19.1 Å². The molecule has 32 heavy (non-hydrogen) atoms. The van der Waals surface area contributed by atoms with Crippen LogP contribution in [-0.2, 0) is 23.0 Å². The summed E-state index contributed by atoms with van der Waals surface area (Å²) >= 11 is 0. The number of oxazole rings is 1. The maximum atomic E-state index is 12.5. The summed E-state index contributed by atoms with van der Waals surface area (Å²) in [6, 6.07) is 14.6. The number of benzene rings is 2. The molecule has 1 aliphatic rings. The highest BCUT2D eigenvalue weighted by atomic mass is 16.5. The minimum Gasteiger partial charge on any atom is -0.408 e. The SMILES string of the molecule is Cn1c(=O)oc2ccc(-c3ccc(CC(C#N)NC(=O)[C@@H]4CNC[C@@H](O)CO4)cc3)cc21. The number of nitrogens with zero attached hydrogens (tertiary/aromatic N) is 2. The van der Waals surface area contributed by atoms with E-state index in [9.17, 15) is 20.0 Å². The van der Waals surface area contributed by atoms with Crippen LogP contribution in [0.2, 0.25) is 0 Å². The van der Waals surface area contributed by atoms with E-state index in [2.05, 4.69) is 16.7 Å². The predicted octanol–water partition coefficient (Wildman–Crippen LogP) is 0.699. The fourth-order valence-corrected chi connectivity index (χ4v) is 3.66. The highest BCUT2D eigenvalue weighted by Crippen LogP contribution is 2.24. The Morgan fingerprint density at radius 2 is 2.03 bits per heavy atom. The molecule has 4 rings (SSSR count). The first kappa shape index (κ1) is 21.8. The van der Waals surface area contributed by atoms with Crippen molar-refractivity contribution in [1.82, 2.24) is 15.2 Å². The Morgan fingerprint density at radius 1 is 1.28 bits per heavy atom. The average molecular weight is 436 g/mol. The zero-order valence-electron chi connectivity index (χ0n) is 17.6. The number of fused-ring (bicyclic) bond motifs is 1. The molecule has 0 radical (unpaired) electrons. The van der Waals surface area contributed by atoms with Gasteiger partial charge < -0.3 is 24.9 Å². The van der Waals surface area contributed by atoms with Crippen molar-refractivity contribution in [1.29, 1.82) is 5.26 Å². The largest absolute Gasteiger partial charge is 0.419 e. The summed E-state index contributed by atoms with van der Waals surface area (Å²) in [7, 11) is 1.66. The van der Waals surface area contributed by atoms with Gasteiger partial charge in [0.1, 0.15) is 12.1 Å². The molecule has 1 aliphatic heterocycles. The van der Waals surface area contributed by atoms with E-state index in [1.54, 1.807) is 13.1 Å². The average Bonchev–Trinajstić information content (AvgIpc) is 2.94. The van der Waals surface area contributed by atoms with Crippen molar-refractivity contribution in [2.45, 2.75) is 24.7 Å². The van der Waals surface area contributed by atoms with Crippen LogP contribution >= 0.6 is 0 Å². The first-order valence-electron chi connectivity index (χ1n) is 10.3. The Kier molecular flexibility index (Phi) is 6.37. The summed E-state index contributed by atoms with van der Waals surface area (Å²) in [5, 5.41) is 24.8. The minimum absolute atomic E-state index is 0.0720. The first-order valence-corrected chi connectivity index (χ1v) is 10.3. The second-order valence-corrected chi connectivity index (χ2v) is 7.83. The smallest absolute Gasteiger partial charge is 0.408 e. The van der Waals surface area contributed by atoms with Gasteiger partial charge >= 0.3 is 5.76 Å². The van der Waals surface area contributed by atoms with E-state index in [1.165, 1.54) is 4.57 Å². The molecule has 166 valence electrons. The highest BCUT2D eigenvalue weighted by molar-refractivity contribution is 5.82. The van der Waals surface area contributed by atoms with E-state index in [0.717, 1.165) is 16.7 Å². The first-order chi connectivity index (χ1) is 15.4. The van der Waals surface area contributed by atoms with Crippen LogP contribution in [0.15, 0.2) is 51.7 Å². The number of ether oxygens (including phenoxy) is 1. The third kappa shape index (κ3) is 4.73. The zero-order valence-corrected chi connectivity index (χ0v) is 17.6. The van der Waals surface area contributed by atoms with Crippen LogP contribution in [0.1, 0.15) is 5.56 Å². The van der Waals surface area contributed by atoms with E-state index in [0.29, 0.717) is 24.1 Å². The van der Waals surface area contributed by atoms with Crippen molar-refractivity contribution in [3.05, 3.63) is 58.6 Å². The maximum absolute atomic E-state index is 12.5. The van der Waals surface area contributed by atoms with Gasteiger partial charge in [-0.25, -0.2) is 4.79 Å². The van der Waals surface area contributed by atoms with E-state index >= 15 is 0 Å². The van der Waals surface area contributed by atoms with Gasteiger partial charge in [-0.2, -0.15) is 5.26 Å². The third-order valence-electron chi connectivity index (χ3n) is 5.48. The lowest BCUT2D eigenvalue weighted by molar-refractivity contribution is -0.133. The number of aliphatic hydroxyl groups excluding tert-OH is 1. The molecule has 0 spiro atoms. The number of aromatic nitrogens is 1. The molecular formula is C23H24N4O5. The lowest BCUT2D eigenvalue weighted by Crippen LogP contribution is -2.46. The summed E-state index contributed by atoms with van der Waals surface area (Å²) < 4.78 is 12.0. The molecule has 1 aromatic heterocycles. The van der Waals surface area contributed by atoms with Crippen molar-refractivity contribution in [2.75, 3.05) is 19.7 Å². The van der Waals surface area contributed by atoms with Gasteiger partial charge in [0.25, 0.3) is 5.91 Å². The van der Waals surface area contributed by atoms with Crippen LogP contribution in [-0.4, -0.2) is 53.5 Å². The number of carbonyl (C=O) groups excluding carboxylic acids is 1. The number of hydrogen-bond donors (Lipinski definition) is 3. The van der Waals surface area contributed by atoms with Gasteiger partial charge in [0.2, 0.25) is 0 Å². The number of β-amino-alcohol motifs (C(OH)–C–C–N with tert-alkyl or cyclic N) is 1. The molecule has 0 saturated carbocycles. The number of hydrogen-bond acceptors (Lipinski definition) is 7. The normalized spacial score (nSPS) is 19.8. The Balaban J connectivity index is 1.42. The van der Waals surface area contributed by atoms with Crippen LogP contribution in [0.5, 0.6) is 0 Å². The molecule has 1 amide bonds. The van der Waals surface area contributed by atoms with Crippen molar-refractivity contribution in [3.63, 3.8) is 0 Å². The lowest BCUT2D eigenvalue weighted by Gasteiger charge is -2.18. The van der Waals surface area contributed by atoms with Gasteiger partial charge in [0.05, 0.1) is 24.3 Å². The number of aryl methyl sites for hydroxylation is 1. The number of nitrogens with one attached hydrogen (secondary N) is 2. The van der Waals surface area contributed by atoms with Gasteiger partial charge in [-0.15, -0.1) is 0 Å². The summed E-state index contributed by atoms with van der Waals surface area (Å²) in [6.45, 7) is 0.715. The molecule has 1 saturated heterocycles. The lowest BCUT2D eigenvalue weighted by atomic mass is 10.0. The van der Waals surface area contributed by atoms with Crippen LogP contribution < -0.4 is 16.4 Å². The number of nitriles is 1. The molecule has 9 heteroatoms. The topological polar surface area (TPSA) is 130 Å². The molecule has 0 aliphatic carbocycles.